The predicted molar refractivity (Wildman–Crippen MR) is 78.6 cm³/mol. The van der Waals surface area contributed by atoms with Crippen molar-refractivity contribution in [3.63, 3.8) is 0 Å². The largest absolute Gasteiger partial charge is 0.477 e. The van der Waals surface area contributed by atoms with Gasteiger partial charge in [-0.3, -0.25) is 4.79 Å². The van der Waals surface area contributed by atoms with Crippen LogP contribution in [0.5, 0.6) is 0 Å². The van der Waals surface area contributed by atoms with Crippen molar-refractivity contribution in [1.29, 1.82) is 0 Å². The summed E-state index contributed by atoms with van der Waals surface area (Å²) in [5, 5.41) is 11.9. The Morgan fingerprint density at radius 2 is 2.05 bits per heavy atom. The maximum atomic E-state index is 12.0. The van der Waals surface area contributed by atoms with Crippen LogP contribution in [0.4, 0.5) is 0 Å². The number of amides is 1. The molecule has 0 fully saturated rings. The van der Waals surface area contributed by atoms with E-state index in [0.717, 1.165) is 5.56 Å². The number of halogens is 1. The molecule has 0 bridgehead atoms. The summed E-state index contributed by atoms with van der Waals surface area (Å²) in [6.07, 6.45) is 1.42. The van der Waals surface area contributed by atoms with Gasteiger partial charge in [0, 0.05) is 12.7 Å². The topological polar surface area (TPSA) is 79.3 Å². The van der Waals surface area contributed by atoms with Crippen LogP contribution < -0.4 is 5.32 Å². The zero-order valence-corrected chi connectivity index (χ0v) is 12.0. The summed E-state index contributed by atoms with van der Waals surface area (Å²) in [5.41, 5.74) is 2.05. The van der Waals surface area contributed by atoms with Gasteiger partial charge >= 0.3 is 5.97 Å². The van der Waals surface area contributed by atoms with Crippen molar-refractivity contribution < 1.29 is 14.7 Å². The van der Waals surface area contributed by atoms with E-state index < -0.39 is 5.97 Å². The molecule has 0 atom stereocenters. The van der Waals surface area contributed by atoms with Crippen LogP contribution in [0.25, 0.3) is 0 Å². The predicted octanol–water partition coefficient (Wildman–Crippen LogP) is 2.67. The first-order valence-electron chi connectivity index (χ1n) is 6.20. The average molecular weight is 305 g/mol. The molecule has 0 saturated heterocycles. The van der Waals surface area contributed by atoms with Crippen LogP contribution in [0.15, 0.2) is 36.5 Å². The molecular weight excluding hydrogens is 292 g/mol. The fourth-order valence-corrected chi connectivity index (χ4v) is 2.06. The van der Waals surface area contributed by atoms with E-state index in [1.807, 2.05) is 13.0 Å². The van der Waals surface area contributed by atoms with Gasteiger partial charge in [0.15, 0.2) is 0 Å². The summed E-state index contributed by atoms with van der Waals surface area (Å²) < 4.78 is 0. The van der Waals surface area contributed by atoms with Gasteiger partial charge in [-0.1, -0.05) is 23.7 Å². The zero-order valence-electron chi connectivity index (χ0n) is 11.3. The molecule has 21 heavy (non-hydrogen) atoms. The quantitative estimate of drug-likeness (QED) is 0.910. The van der Waals surface area contributed by atoms with E-state index in [1.54, 1.807) is 18.2 Å². The Morgan fingerprint density at radius 1 is 1.29 bits per heavy atom. The molecule has 2 N–H and O–H groups in total. The van der Waals surface area contributed by atoms with E-state index in [0.29, 0.717) is 16.1 Å². The minimum Gasteiger partial charge on any atom is -0.477 e. The summed E-state index contributed by atoms with van der Waals surface area (Å²) in [4.78, 5) is 26.5. The molecule has 2 rings (SSSR count). The van der Waals surface area contributed by atoms with Gasteiger partial charge in [-0.25, -0.2) is 9.78 Å². The molecule has 6 heteroatoms. The number of pyridine rings is 1. The fraction of sp³-hybridized carbons (Fsp3) is 0.133. The molecule has 0 radical (unpaired) electrons. The van der Waals surface area contributed by atoms with Crippen molar-refractivity contribution in [2.24, 2.45) is 0 Å². The second kappa shape index (κ2) is 6.37. The highest BCUT2D eigenvalue weighted by Crippen LogP contribution is 2.17. The second-order valence-corrected chi connectivity index (χ2v) is 4.93. The van der Waals surface area contributed by atoms with Gasteiger partial charge in [0.05, 0.1) is 10.6 Å². The molecular formula is C15H13ClN2O3. The number of carbonyl (C=O) groups excluding carboxylic acids is 1. The maximum Gasteiger partial charge on any atom is 0.354 e. The Bertz CT molecular complexity index is 684. The van der Waals surface area contributed by atoms with E-state index in [4.69, 9.17) is 16.7 Å². The first-order chi connectivity index (χ1) is 9.97. The van der Waals surface area contributed by atoms with Crippen molar-refractivity contribution in [1.82, 2.24) is 10.3 Å². The third-order valence-electron chi connectivity index (χ3n) is 2.87. The number of aryl methyl sites for hydroxylation is 1. The summed E-state index contributed by atoms with van der Waals surface area (Å²) >= 11 is 6.02. The molecule has 0 aliphatic carbocycles. The van der Waals surface area contributed by atoms with Gasteiger partial charge in [-0.05, 0) is 36.2 Å². The lowest BCUT2D eigenvalue weighted by molar-refractivity contribution is 0.0690. The number of carboxylic acids is 1. The Labute approximate surface area is 126 Å². The minimum atomic E-state index is -1.09. The lowest BCUT2D eigenvalue weighted by Gasteiger charge is -2.07. The van der Waals surface area contributed by atoms with Crippen molar-refractivity contribution in [2.75, 3.05) is 0 Å². The van der Waals surface area contributed by atoms with Gasteiger partial charge in [-0.15, -0.1) is 0 Å². The molecule has 0 spiro atoms. The van der Waals surface area contributed by atoms with E-state index in [2.05, 4.69) is 10.3 Å². The Morgan fingerprint density at radius 3 is 2.62 bits per heavy atom. The highest BCUT2D eigenvalue weighted by molar-refractivity contribution is 6.33. The normalized spacial score (nSPS) is 10.2. The van der Waals surface area contributed by atoms with Gasteiger partial charge in [0.2, 0.25) is 0 Å². The summed E-state index contributed by atoms with van der Waals surface area (Å²) in [5.74, 6) is -1.38. The third-order valence-corrected chi connectivity index (χ3v) is 3.18. The van der Waals surface area contributed by atoms with Gasteiger partial charge in [0.1, 0.15) is 5.69 Å². The fourth-order valence-electron chi connectivity index (χ4n) is 1.74. The van der Waals surface area contributed by atoms with Crippen LogP contribution in [-0.4, -0.2) is 22.0 Å². The number of nitrogens with zero attached hydrogens (tertiary/aromatic N) is 1. The van der Waals surface area contributed by atoms with Crippen molar-refractivity contribution >= 4 is 23.5 Å². The van der Waals surface area contributed by atoms with Crippen LogP contribution in [0, 0.1) is 6.92 Å². The Hall–Kier alpha value is -2.40. The van der Waals surface area contributed by atoms with Crippen LogP contribution in [0.1, 0.15) is 32.0 Å². The van der Waals surface area contributed by atoms with E-state index in [1.165, 1.54) is 12.3 Å². The zero-order chi connectivity index (χ0) is 15.4. The molecule has 2 aromatic rings. The molecule has 5 nitrogen and oxygen atoms in total. The van der Waals surface area contributed by atoms with Crippen LogP contribution in [0.3, 0.4) is 0 Å². The number of carboxylic acid groups (broad SMARTS) is 1. The van der Waals surface area contributed by atoms with E-state index in [9.17, 15) is 9.59 Å². The summed E-state index contributed by atoms with van der Waals surface area (Å²) in [6.45, 7) is 2.14. The Balaban J connectivity index is 2.02. The molecule has 0 aliphatic heterocycles. The molecule has 1 amide bonds. The minimum absolute atomic E-state index is 0.0355. The van der Waals surface area contributed by atoms with Crippen LogP contribution in [0.2, 0.25) is 5.02 Å². The molecule has 1 heterocycles. The number of carbonyl (C=O) groups is 2. The summed E-state index contributed by atoms with van der Waals surface area (Å²) in [7, 11) is 0. The SMILES string of the molecule is Cc1ccc(C(=O)NCc2ccc(C(=O)O)nc2)c(Cl)c1. The highest BCUT2D eigenvalue weighted by Gasteiger charge is 2.10. The Kier molecular flexibility index (Phi) is 4.55. The molecule has 0 unspecified atom stereocenters. The highest BCUT2D eigenvalue weighted by atomic mass is 35.5. The number of aromatic nitrogens is 1. The number of rotatable bonds is 4. The lowest BCUT2D eigenvalue weighted by Crippen LogP contribution is -2.23. The van der Waals surface area contributed by atoms with Crippen LogP contribution >= 0.6 is 11.6 Å². The van der Waals surface area contributed by atoms with Crippen LogP contribution in [-0.2, 0) is 6.54 Å². The van der Waals surface area contributed by atoms with E-state index >= 15 is 0 Å². The molecule has 1 aromatic carbocycles. The first kappa shape index (κ1) is 15.0. The van der Waals surface area contributed by atoms with Crippen molar-refractivity contribution in [3.8, 4) is 0 Å². The smallest absolute Gasteiger partial charge is 0.354 e. The van der Waals surface area contributed by atoms with Gasteiger partial charge in [-0.2, -0.15) is 0 Å². The van der Waals surface area contributed by atoms with Gasteiger partial charge in [0.25, 0.3) is 5.91 Å². The number of benzene rings is 1. The number of nitrogens with one attached hydrogen (secondary N) is 1. The molecule has 108 valence electrons. The van der Waals surface area contributed by atoms with Crippen molar-refractivity contribution in [3.05, 3.63) is 63.9 Å². The average Bonchev–Trinajstić information content (AvgIpc) is 2.45. The maximum absolute atomic E-state index is 12.0. The summed E-state index contributed by atoms with van der Waals surface area (Å²) in [6, 6.07) is 8.19. The number of hydrogen-bond donors (Lipinski definition) is 2. The first-order valence-corrected chi connectivity index (χ1v) is 6.58. The van der Waals surface area contributed by atoms with Gasteiger partial charge < -0.3 is 10.4 Å². The van der Waals surface area contributed by atoms with Crippen molar-refractivity contribution in [2.45, 2.75) is 13.5 Å². The number of hydrogen-bond acceptors (Lipinski definition) is 3. The monoisotopic (exact) mass is 304 g/mol. The number of aromatic carboxylic acids is 1. The third kappa shape index (κ3) is 3.79. The lowest BCUT2D eigenvalue weighted by atomic mass is 10.1. The molecule has 1 aromatic heterocycles. The second-order valence-electron chi connectivity index (χ2n) is 4.52. The molecule has 0 saturated carbocycles. The molecule has 0 aliphatic rings. The standard InChI is InChI=1S/C15H13ClN2O3/c1-9-2-4-11(12(16)6-9)14(19)18-8-10-3-5-13(15(20)21)17-7-10/h2-7H,8H2,1H3,(H,18,19)(H,20,21). The van der Waals surface area contributed by atoms with E-state index in [-0.39, 0.29) is 18.1 Å².